The van der Waals surface area contributed by atoms with Gasteiger partial charge in [0.15, 0.2) is 0 Å². The van der Waals surface area contributed by atoms with E-state index in [1.54, 1.807) is 31.0 Å². The van der Waals surface area contributed by atoms with Crippen molar-refractivity contribution < 1.29 is 17.9 Å². The second-order valence-corrected chi connectivity index (χ2v) is 12.6. The van der Waals surface area contributed by atoms with Gasteiger partial charge >= 0.3 is 0 Å². The monoisotopic (exact) mass is 527 g/mol. The minimum absolute atomic E-state index is 0.0109. The third kappa shape index (κ3) is 6.21. The molecule has 1 amide bonds. The molecule has 0 saturated carbocycles. The Morgan fingerprint density at radius 3 is 2.50 bits per heavy atom. The number of fused-ring (bicyclic) bond motifs is 1. The van der Waals surface area contributed by atoms with Gasteiger partial charge in [-0.15, -0.1) is 0 Å². The van der Waals surface area contributed by atoms with Gasteiger partial charge in [-0.05, 0) is 52.9 Å². The van der Waals surface area contributed by atoms with Crippen molar-refractivity contribution in [3.05, 3.63) is 72.3 Å². The maximum Gasteiger partial charge on any atom is 0.252 e. The molecule has 0 radical (unpaired) electrons. The normalized spacial score (nSPS) is 18.6. The van der Waals surface area contributed by atoms with Gasteiger partial charge in [-0.1, -0.05) is 56.3 Å². The Hall–Kier alpha value is -2.59. The number of nitrogens with one attached hydrogen (secondary N) is 2. The van der Waals surface area contributed by atoms with E-state index in [4.69, 9.17) is 4.74 Å². The summed E-state index contributed by atoms with van der Waals surface area (Å²) in [4.78, 5) is 13.3. The van der Waals surface area contributed by atoms with E-state index in [1.807, 2.05) is 68.4 Å². The number of carbonyl (C=O) groups is 1. The molecule has 0 spiro atoms. The van der Waals surface area contributed by atoms with Gasteiger partial charge in [-0.3, -0.25) is 10.2 Å². The quantitative estimate of drug-likeness (QED) is 0.385. The number of hydrazine groups is 1. The fourth-order valence-corrected chi connectivity index (χ4v) is 7.20. The average Bonchev–Trinajstić information content (AvgIpc) is 3.32. The van der Waals surface area contributed by atoms with Crippen molar-refractivity contribution in [2.45, 2.75) is 42.2 Å². The van der Waals surface area contributed by atoms with Crippen LogP contribution in [0.2, 0.25) is 0 Å². The van der Waals surface area contributed by atoms with E-state index in [0.29, 0.717) is 18.9 Å². The molecule has 0 unspecified atom stereocenters. The predicted octanol–water partition coefficient (Wildman–Crippen LogP) is 4.19. The first kappa shape index (κ1) is 26.5. The van der Waals surface area contributed by atoms with E-state index in [1.165, 1.54) is 4.31 Å². The van der Waals surface area contributed by atoms with Gasteiger partial charge in [0.05, 0.1) is 12.0 Å². The van der Waals surface area contributed by atoms with Gasteiger partial charge in [0, 0.05) is 24.1 Å². The average molecular weight is 528 g/mol. The fourth-order valence-electron chi connectivity index (χ4n) is 4.22. The Balaban J connectivity index is 1.54. The summed E-state index contributed by atoms with van der Waals surface area (Å²) in [6.07, 6.45) is 0.447. The minimum Gasteiger partial charge on any atom is -0.497 e. The molecular weight excluding hydrogens is 494 g/mol. The lowest BCUT2D eigenvalue weighted by Gasteiger charge is -2.24. The molecule has 1 saturated heterocycles. The first-order valence-electron chi connectivity index (χ1n) is 12.1. The number of amides is 1. The van der Waals surface area contributed by atoms with Crippen LogP contribution in [0.25, 0.3) is 10.8 Å². The lowest BCUT2D eigenvalue weighted by molar-refractivity contribution is -0.125. The van der Waals surface area contributed by atoms with E-state index in [9.17, 15) is 13.2 Å². The first-order valence-corrected chi connectivity index (χ1v) is 14.5. The standard InChI is InChI=1S/C27H33N3O4S2/c1-19(2)16-28-29-27(31)26-15-24(35-18-20-8-11-23(34-3)12-9-20)17-30(26)36(32,33)25-13-10-21-6-4-5-7-22(21)14-25/h4-14,19,24,26,28H,15-18H2,1-3H3,(H,29,31)/t24-,26+/m1/s1. The number of rotatable bonds is 10. The summed E-state index contributed by atoms with van der Waals surface area (Å²) in [6.45, 7) is 4.96. The molecule has 0 aliphatic carbocycles. The van der Waals surface area contributed by atoms with Crippen LogP contribution >= 0.6 is 11.8 Å². The molecule has 1 heterocycles. The Morgan fingerprint density at radius 2 is 1.81 bits per heavy atom. The van der Waals surface area contributed by atoms with Crippen molar-refractivity contribution in [3.8, 4) is 5.75 Å². The second kappa shape index (κ2) is 11.6. The van der Waals surface area contributed by atoms with Gasteiger partial charge in [0.2, 0.25) is 10.0 Å². The molecule has 1 fully saturated rings. The highest BCUT2D eigenvalue weighted by molar-refractivity contribution is 7.99. The van der Waals surface area contributed by atoms with E-state index in [2.05, 4.69) is 10.9 Å². The van der Waals surface area contributed by atoms with Crippen molar-refractivity contribution in [1.29, 1.82) is 0 Å². The molecule has 2 atom stereocenters. The predicted molar refractivity (Wildman–Crippen MR) is 145 cm³/mol. The highest BCUT2D eigenvalue weighted by atomic mass is 32.2. The summed E-state index contributed by atoms with van der Waals surface area (Å²) in [7, 11) is -2.24. The van der Waals surface area contributed by atoms with Crippen LogP contribution in [0.15, 0.2) is 71.6 Å². The van der Waals surface area contributed by atoms with Crippen molar-refractivity contribution in [2.75, 3.05) is 20.2 Å². The number of hydrogen-bond donors (Lipinski definition) is 2. The number of benzene rings is 3. The largest absolute Gasteiger partial charge is 0.497 e. The van der Waals surface area contributed by atoms with Crippen LogP contribution in [-0.2, 0) is 20.6 Å². The van der Waals surface area contributed by atoms with E-state index in [0.717, 1.165) is 27.8 Å². The lowest BCUT2D eigenvalue weighted by Crippen LogP contribution is -2.50. The Bertz CT molecular complexity index is 1300. The SMILES string of the molecule is COc1ccc(CS[C@@H]2C[C@@H](C(=O)NNCC(C)C)N(S(=O)(=O)c3ccc4ccccc4c3)C2)cc1. The summed E-state index contributed by atoms with van der Waals surface area (Å²) in [6, 6.07) is 19.8. The molecule has 1 aliphatic rings. The molecule has 3 aromatic carbocycles. The number of sulfonamides is 1. The number of carbonyl (C=O) groups excluding carboxylic acids is 1. The Morgan fingerprint density at radius 1 is 1.08 bits per heavy atom. The summed E-state index contributed by atoms with van der Waals surface area (Å²) < 4.78 is 34.1. The molecule has 36 heavy (non-hydrogen) atoms. The summed E-state index contributed by atoms with van der Waals surface area (Å²) >= 11 is 1.67. The number of thioether (sulfide) groups is 1. The van der Waals surface area contributed by atoms with E-state index in [-0.39, 0.29) is 22.6 Å². The molecule has 0 aromatic heterocycles. The molecule has 1 aliphatic heterocycles. The van der Waals surface area contributed by atoms with Crippen LogP contribution in [0.1, 0.15) is 25.8 Å². The molecule has 9 heteroatoms. The van der Waals surface area contributed by atoms with Gasteiger partial charge in [0.25, 0.3) is 5.91 Å². The molecule has 192 valence electrons. The zero-order chi connectivity index (χ0) is 25.7. The van der Waals surface area contributed by atoms with Crippen LogP contribution in [0.4, 0.5) is 0 Å². The molecular formula is C27H33N3O4S2. The highest BCUT2D eigenvalue weighted by Gasteiger charge is 2.44. The Kier molecular flexibility index (Phi) is 8.56. The van der Waals surface area contributed by atoms with Gasteiger partial charge < -0.3 is 4.74 Å². The highest BCUT2D eigenvalue weighted by Crippen LogP contribution is 2.34. The van der Waals surface area contributed by atoms with Crippen LogP contribution in [-0.4, -0.2) is 50.1 Å². The number of ether oxygens (including phenoxy) is 1. The third-order valence-corrected chi connectivity index (χ3v) is 9.40. The topological polar surface area (TPSA) is 87.7 Å². The summed E-state index contributed by atoms with van der Waals surface area (Å²) in [5.41, 5.74) is 6.79. The zero-order valence-electron chi connectivity index (χ0n) is 20.8. The lowest BCUT2D eigenvalue weighted by atomic mass is 10.1. The molecule has 7 nitrogen and oxygen atoms in total. The van der Waals surface area contributed by atoms with Gasteiger partial charge in [-0.2, -0.15) is 16.1 Å². The summed E-state index contributed by atoms with van der Waals surface area (Å²) in [5, 5.41) is 1.81. The zero-order valence-corrected chi connectivity index (χ0v) is 22.4. The minimum atomic E-state index is -3.88. The maximum absolute atomic E-state index is 13.8. The van der Waals surface area contributed by atoms with E-state index < -0.39 is 16.1 Å². The van der Waals surface area contributed by atoms with Crippen molar-refractivity contribution in [3.63, 3.8) is 0 Å². The Labute approximate surface area is 217 Å². The first-order chi connectivity index (χ1) is 17.3. The summed E-state index contributed by atoms with van der Waals surface area (Å²) in [5.74, 6) is 1.54. The van der Waals surface area contributed by atoms with Crippen molar-refractivity contribution in [2.24, 2.45) is 5.92 Å². The number of hydrogen-bond acceptors (Lipinski definition) is 6. The third-order valence-electron chi connectivity index (χ3n) is 6.21. The van der Waals surface area contributed by atoms with Crippen LogP contribution in [0.5, 0.6) is 5.75 Å². The smallest absolute Gasteiger partial charge is 0.252 e. The maximum atomic E-state index is 13.8. The van der Waals surface area contributed by atoms with E-state index >= 15 is 0 Å². The van der Waals surface area contributed by atoms with Crippen LogP contribution in [0, 0.1) is 5.92 Å². The molecule has 4 rings (SSSR count). The van der Waals surface area contributed by atoms with Gasteiger partial charge in [-0.25, -0.2) is 13.8 Å². The molecule has 2 N–H and O–H groups in total. The fraction of sp³-hybridized carbons (Fsp3) is 0.370. The number of nitrogens with zero attached hydrogens (tertiary/aromatic N) is 1. The van der Waals surface area contributed by atoms with Crippen LogP contribution in [0.3, 0.4) is 0 Å². The number of methoxy groups -OCH3 is 1. The molecule has 3 aromatic rings. The van der Waals surface area contributed by atoms with Gasteiger partial charge in [0.1, 0.15) is 11.8 Å². The van der Waals surface area contributed by atoms with Crippen LogP contribution < -0.4 is 15.6 Å². The van der Waals surface area contributed by atoms with Crippen molar-refractivity contribution >= 4 is 38.5 Å². The molecule has 0 bridgehead atoms. The second-order valence-electron chi connectivity index (χ2n) is 9.38. The van der Waals surface area contributed by atoms with Crippen molar-refractivity contribution in [1.82, 2.24) is 15.2 Å².